The van der Waals surface area contributed by atoms with Gasteiger partial charge in [0.1, 0.15) is 18.9 Å². The number of nitro benzene ring substituents is 2. The van der Waals surface area contributed by atoms with Gasteiger partial charge in [0.2, 0.25) is 5.91 Å². The summed E-state index contributed by atoms with van der Waals surface area (Å²) >= 11 is 1.45. The number of aliphatic hydroxyl groups is 1. The summed E-state index contributed by atoms with van der Waals surface area (Å²) in [6.45, 7) is 5.24. The van der Waals surface area contributed by atoms with Crippen LogP contribution in [0.4, 0.5) is 16.2 Å². The Bertz CT molecular complexity index is 1680. The van der Waals surface area contributed by atoms with Crippen molar-refractivity contribution in [1.29, 1.82) is 0 Å². The maximum atomic E-state index is 13.7. The standard InChI is InChI=1S/C33H37N5O10S/c1-18-28-27(19(2)39)31(40)36(28)29(32(41)47-16-20-4-8-23(9-5-20)37(43)44)30(18)49-25-12-26(22-13-34(3)14-22)35(15-25)33(42)48-17-21-6-10-24(11-7-21)38(45)46/h4-11,18-19,22,25-28,39H,12-17H2,1-3H3/t18-,19-,25+,26+,27-,28-/m1/s1. The van der Waals surface area contributed by atoms with Gasteiger partial charge in [0.25, 0.3) is 11.4 Å². The van der Waals surface area contributed by atoms with Crippen LogP contribution in [0.2, 0.25) is 0 Å². The largest absolute Gasteiger partial charge is 0.456 e. The topological polar surface area (TPSA) is 186 Å². The van der Waals surface area contributed by atoms with Gasteiger partial charge in [0.15, 0.2) is 0 Å². The van der Waals surface area contributed by atoms with Crippen LogP contribution >= 0.6 is 11.8 Å². The van der Waals surface area contributed by atoms with Crippen molar-refractivity contribution in [2.45, 2.75) is 56.9 Å². The first-order valence-corrected chi connectivity index (χ1v) is 16.9. The number of thioether (sulfide) groups is 1. The number of hydrogen-bond acceptors (Lipinski definition) is 12. The fourth-order valence-corrected chi connectivity index (χ4v) is 8.82. The van der Waals surface area contributed by atoms with Crippen LogP contribution in [-0.2, 0) is 32.3 Å². The number of ether oxygens (including phenoxy) is 2. The Morgan fingerprint density at radius 3 is 2.02 bits per heavy atom. The predicted octanol–water partition coefficient (Wildman–Crippen LogP) is 3.69. The molecule has 15 nitrogen and oxygen atoms in total. The molecule has 4 aliphatic rings. The fourth-order valence-electron chi connectivity index (χ4n) is 7.28. The van der Waals surface area contributed by atoms with Crippen LogP contribution in [0.15, 0.2) is 59.1 Å². The number of β-lactam (4-membered cyclic amide) rings is 1. The van der Waals surface area contributed by atoms with Gasteiger partial charge in [-0.05, 0) is 55.8 Å². The summed E-state index contributed by atoms with van der Waals surface area (Å²) in [5.41, 5.74) is 1.14. The first-order valence-electron chi connectivity index (χ1n) is 16.0. The molecule has 2 aromatic carbocycles. The Morgan fingerprint density at radius 1 is 0.959 bits per heavy atom. The second kappa shape index (κ2) is 13.8. The molecule has 0 spiro atoms. The highest BCUT2D eigenvalue weighted by atomic mass is 32.2. The summed E-state index contributed by atoms with van der Waals surface area (Å²) in [6, 6.07) is 10.9. The average Bonchev–Trinajstić information content (AvgIpc) is 3.57. The van der Waals surface area contributed by atoms with Gasteiger partial charge >= 0.3 is 12.1 Å². The van der Waals surface area contributed by atoms with Gasteiger partial charge in [-0.15, -0.1) is 11.8 Å². The third-order valence-electron chi connectivity index (χ3n) is 9.80. The number of hydrogen-bond donors (Lipinski definition) is 1. The second-order valence-corrected chi connectivity index (χ2v) is 14.5. The lowest BCUT2D eigenvalue weighted by Crippen LogP contribution is -2.63. The number of likely N-dealkylation sites (tertiary alicyclic amines) is 2. The van der Waals surface area contributed by atoms with Crippen LogP contribution < -0.4 is 0 Å². The zero-order chi connectivity index (χ0) is 35.1. The highest BCUT2D eigenvalue weighted by Gasteiger charge is 2.60. The van der Waals surface area contributed by atoms with Crippen molar-refractivity contribution >= 4 is 41.1 Å². The molecule has 2 aromatic rings. The summed E-state index contributed by atoms with van der Waals surface area (Å²) in [4.78, 5) is 67.4. The Labute approximate surface area is 286 Å². The molecule has 4 heterocycles. The van der Waals surface area contributed by atoms with E-state index in [9.17, 15) is 39.7 Å². The van der Waals surface area contributed by atoms with E-state index < -0.39 is 40.0 Å². The SMILES string of the molecule is C[C@@H](O)[C@H]1C(=O)N2C(C(=O)OCc3ccc([N+](=O)[O-])cc3)=C(S[C@H]3C[C@@H](C4CN(C)C4)N(C(=O)OCc4ccc([N+](=O)[O-])cc4)C3)[C@H](C)[C@H]12. The number of nitro groups is 2. The highest BCUT2D eigenvalue weighted by molar-refractivity contribution is 8.03. The Kier molecular flexibility index (Phi) is 9.64. The third-order valence-corrected chi connectivity index (χ3v) is 11.3. The lowest BCUT2D eigenvalue weighted by atomic mass is 9.79. The molecule has 4 aliphatic heterocycles. The van der Waals surface area contributed by atoms with Crippen LogP contribution in [0, 0.1) is 38.0 Å². The summed E-state index contributed by atoms with van der Waals surface area (Å²) < 4.78 is 11.3. The van der Waals surface area contributed by atoms with Crippen molar-refractivity contribution in [2.24, 2.45) is 17.8 Å². The van der Waals surface area contributed by atoms with E-state index in [4.69, 9.17) is 9.47 Å². The van der Waals surface area contributed by atoms with Gasteiger partial charge in [-0.2, -0.15) is 0 Å². The van der Waals surface area contributed by atoms with Gasteiger partial charge in [-0.25, -0.2) is 9.59 Å². The van der Waals surface area contributed by atoms with E-state index in [1.54, 1.807) is 24.0 Å². The van der Waals surface area contributed by atoms with E-state index in [1.807, 2.05) is 14.0 Å². The normalized spacial score (nSPS) is 25.8. The number of carbonyl (C=O) groups excluding carboxylic acids is 3. The van der Waals surface area contributed by atoms with E-state index in [0.717, 1.165) is 13.1 Å². The molecule has 2 amide bonds. The molecule has 3 saturated heterocycles. The number of nitrogens with zero attached hydrogens (tertiary/aromatic N) is 5. The van der Waals surface area contributed by atoms with E-state index in [0.29, 0.717) is 29.0 Å². The number of esters is 1. The molecule has 0 aromatic heterocycles. The third kappa shape index (κ3) is 6.72. The summed E-state index contributed by atoms with van der Waals surface area (Å²) in [7, 11) is 2.01. The molecule has 49 heavy (non-hydrogen) atoms. The maximum Gasteiger partial charge on any atom is 0.410 e. The zero-order valence-electron chi connectivity index (χ0n) is 27.2. The lowest BCUT2D eigenvalue weighted by molar-refractivity contribution is -0.385. The quantitative estimate of drug-likeness (QED) is 0.156. The molecule has 0 unspecified atom stereocenters. The minimum atomic E-state index is -0.912. The van der Waals surface area contributed by atoms with Crippen LogP contribution in [0.25, 0.3) is 0 Å². The lowest BCUT2D eigenvalue weighted by Gasteiger charge is -2.46. The molecule has 1 N–H and O–H groups in total. The molecular weight excluding hydrogens is 658 g/mol. The van der Waals surface area contributed by atoms with Crippen molar-refractivity contribution in [3.8, 4) is 0 Å². The molecule has 6 atom stereocenters. The fraction of sp³-hybridized carbons (Fsp3) is 0.485. The van der Waals surface area contributed by atoms with Crippen LogP contribution in [0.5, 0.6) is 0 Å². The molecule has 260 valence electrons. The van der Waals surface area contributed by atoms with Gasteiger partial charge in [0.05, 0.1) is 27.9 Å². The van der Waals surface area contributed by atoms with Gasteiger partial charge in [0, 0.05) is 71.9 Å². The molecule has 0 aliphatic carbocycles. The number of fused-ring (bicyclic) bond motifs is 1. The first-order chi connectivity index (χ1) is 23.3. The van der Waals surface area contributed by atoms with Crippen LogP contribution in [-0.4, -0.2) is 97.7 Å². The molecule has 0 saturated carbocycles. The van der Waals surface area contributed by atoms with Crippen molar-refractivity contribution in [3.63, 3.8) is 0 Å². The Morgan fingerprint density at radius 2 is 1.51 bits per heavy atom. The number of rotatable bonds is 11. The molecule has 0 radical (unpaired) electrons. The monoisotopic (exact) mass is 695 g/mol. The molecular formula is C33H37N5O10S. The average molecular weight is 696 g/mol. The minimum absolute atomic E-state index is 0.0468. The Hall–Kier alpha value is -4.54. The maximum absolute atomic E-state index is 13.7. The number of non-ortho nitro benzene ring substituents is 2. The molecule has 3 fully saturated rings. The van der Waals surface area contributed by atoms with Gasteiger partial charge in [-0.3, -0.25) is 25.0 Å². The first kappa shape index (κ1) is 34.3. The number of amides is 2. The zero-order valence-corrected chi connectivity index (χ0v) is 28.0. The summed E-state index contributed by atoms with van der Waals surface area (Å²) in [5, 5.41) is 32.3. The van der Waals surface area contributed by atoms with E-state index >= 15 is 0 Å². The Balaban J connectivity index is 1.19. The number of benzene rings is 2. The molecule has 16 heteroatoms. The van der Waals surface area contributed by atoms with E-state index in [2.05, 4.69) is 4.90 Å². The molecule has 6 rings (SSSR count). The van der Waals surface area contributed by atoms with E-state index in [1.165, 1.54) is 53.1 Å². The van der Waals surface area contributed by atoms with Gasteiger partial charge < -0.3 is 29.3 Å². The van der Waals surface area contributed by atoms with Crippen LogP contribution in [0.1, 0.15) is 31.4 Å². The van der Waals surface area contributed by atoms with Crippen molar-refractivity contribution in [3.05, 3.63) is 90.5 Å². The number of aliphatic hydroxyl groups excluding tert-OH is 1. The number of carbonyl (C=O) groups is 3. The minimum Gasteiger partial charge on any atom is -0.456 e. The summed E-state index contributed by atoms with van der Waals surface area (Å²) in [6.07, 6.45) is -0.772. The van der Waals surface area contributed by atoms with Crippen molar-refractivity contribution < 1.29 is 38.8 Å². The van der Waals surface area contributed by atoms with Crippen molar-refractivity contribution in [2.75, 3.05) is 26.7 Å². The smallest absolute Gasteiger partial charge is 0.410 e. The van der Waals surface area contributed by atoms with E-state index in [-0.39, 0.29) is 59.3 Å². The summed E-state index contributed by atoms with van der Waals surface area (Å²) in [5.74, 6) is -1.78. The van der Waals surface area contributed by atoms with Crippen LogP contribution in [0.3, 0.4) is 0 Å². The highest BCUT2D eigenvalue weighted by Crippen LogP contribution is 2.53. The molecule has 0 bridgehead atoms. The second-order valence-electron chi connectivity index (χ2n) is 13.1. The van der Waals surface area contributed by atoms with Crippen molar-refractivity contribution in [1.82, 2.24) is 14.7 Å². The van der Waals surface area contributed by atoms with Gasteiger partial charge in [-0.1, -0.05) is 6.92 Å². The predicted molar refractivity (Wildman–Crippen MR) is 176 cm³/mol.